The van der Waals surface area contributed by atoms with Gasteiger partial charge in [-0.05, 0) is 61.6 Å². The van der Waals surface area contributed by atoms with Crippen LogP contribution in [0.4, 0.5) is 0 Å². The van der Waals surface area contributed by atoms with Crippen molar-refractivity contribution in [1.82, 2.24) is 5.01 Å². The molecule has 0 fully saturated rings. The number of hydrogen-bond acceptors (Lipinski definition) is 2. The summed E-state index contributed by atoms with van der Waals surface area (Å²) in [6, 6.07) is 14.3. The lowest BCUT2D eigenvalue weighted by atomic mass is 9.93. The van der Waals surface area contributed by atoms with E-state index < -0.39 is 0 Å². The second-order valence-electron chi connectivity index (χ2n) is 6.01. The van der Waals surface area contributed by atoms with Crippen molar-refractivity contribution in [3.63, 3.8) is 0 Å². The minimum atomic E-state index is -0.198. The van der Waals surface area contributed by atoms with E-state index in [9.17, 15) is 4.79 Å². The number of benzene rings is 2. The van der Waals surface area contributed by atoms with Crippen molar-refractivity contribution in [2.24, 2.45) is 5.84 Å². The molecule has 0 bridgehead atoms. The van der Waals surface area contributed by atoms with Crippen LogP contribution in [0.1, 0.15) is 30.5 Å². The van der Waals surface area contributed by atoms with Crippen molar-refractivity contribution in [3.05, 3.63) is 65.2 Å². The fraction of sp³-hybridized carbons (Fsp3) is 0.250. The molecule has 2 aromatic carbocycles. The zero-order valence-corrected chi connectivity index (χ0v) is 14.2. The third kappa shape index (κ3) is 3.88. The Balaban J connectivity index is 2.39. The molecule has 0 saturated heterocycles. The number of rotatable bonds is 4. The van der Waals surface area contributed by atoms with Gasteiger partial charge in [-0.1, -0.05) is 42.5 Å². The number of carbonyl (C=O) groups is 1. The fourth-order valence-electron chi connectivity index (χ4n) is 2.43. The molecule has 0 heterocycles. The van der Waals surface area contributed by atoms with Crippen LogP contribution in [0.15, 0.2) is 48.5 Å². The molecule has 23 heavy (non-hydrogen) atoms. The molecule has 1 amide bonds. The maximum absolute atomic E-state index is 12.0. The molecule has 0 atom stereocenters. The van der Waals surface area contributed by atoms with Crippen LogP contribution in [0.25, 0.3) is 17.2 Å². The first-order valence-corrected chi connectivity index (χ1v) is 7.83. The minimum Gasteiger partial charge on any atom is -0.275 e. The lowest BCUT2D eigenvalue weighted by molar-refractivity contribution is -0.127. The van der Waals surface area contributed by atoms with Crippen LogP contribution in [0.5, 0.6) is 0 Å². The molecule has 0 radical (unpaired) electrons. The molecule has 3 heteroatoms. The highest BCUT2D eigenvalue weighted by molar-refractivity contribution is 5.93. The number of amides is 1. The number of nitrogens with zero attached hydrogens (tertiary/aromatic N) is 1. The first kappa shape index (κ1) is 17.0. The van der Waals surface area contributed by atoms with Crippen LogP contribution in [0.3, 0.4) is 0 Å². The van der Waals surface area contributed by atoms with Gasteiger partial charge in [0, 0.05) is 12.1 Å². The van der Waals surface area contributed by atoms with E-state index in [4.69, 9.17) is 5.84 Å². The van der Waals surface area contributed by atoms with E-state index in [0.717, 1.165) is 11.1 Å². The molecule has 0 spiro atoms. The molecular formula is C20H24N2O. The summed E-state index contributed by atoms with van der Waals surface area (Å²) in [5.41, 5.74) is 5.82. The van der Waals surface area contributed by atoms with Crippen molar-refractivity contribution < 1.29 is 4.79 Å². The molecule has 2 N–H and O–H groups in total. The Bertz CT molecular complexity index is 732. The molecule has 2 rings (SSSR count). The minimum absolute atomic E-state index is 0.0265. The third-order valence-corrected chi connectivity index (χ3v) is 4.07. The molecule has 3 nitrogen and oxygen atoms in total. The van der Waals surface area contributed by atoms with Crippen LogP contribution >= 0.6 is 0 Å². The summed E-state index contributed by atoms with van der Waals surface area (Å²) >= 11 is 0. The van der Waals surface area contributed by atoms with E-state index in [0.29, 0.717) is 0 Å². The highest BCUT2D eigenvalue weighted by atomic mass is 16.2. The van der Waals surface area contributed by atoms with Crippen LogP contribution in [-0.2, 0) is 4.79 Å². The van der Waals surface area contributed by atoms with Gasteiger partial charge in [-0.15, -0.1) is 0 Å². The quantitative estimate of drug-likeness (QED) is 0.400. The normalized spacial score (nSPS) is 11.2. The van der Waals surface area contributed by atoms with Crippen LogP contribution in [0.2, 0.25) is 0 Å². The van der Waals surface area contributed by atoms with Crippen LogP contribution < -0.4 is 5.84 Å². The van der Waals surface area contributed by atoms with Crippen LogP contribution in [0, 0.1) is 13.8 Å². The number of hydrogen-bond donors (Lipinski definition) is 1. The summed E-state index contributed by atoms with van der Waals surface area (Å²) in [5.74, 6) is 5.55. The maximum atomic E-state index is 12.0. The second kappa shape index (κ2) is 7.25. The Kier molecular flexibility index (Phi) is 5.35. The Hall–Kier alpha value is -2.39. The monoisotopic (exact) mass is 308 g/mol. The van der Waals surface area contributed by atoms with E-state index in [1.54, 1.807) is 0 Å². The summed E-state index contributed by atoms with van der Waals surface area (Å²) < 4.78 is 0. The van der Waals surface area contributed by atoms with Crippen molar-refractivity contribution >= 4 is 12.0 Å². The third-order valence-electron chi connectivity index (χ3n) is 4.07. The molecule has 0 aliphatic carbocycles. The van der Waals surface area contributed by atoms with Gasteiger partial charge in [0.25, 0.3) is 5.91 Å². The number of carbonyl (C=O) groups excluding carboxylic acids is 1. The first-order chi connectivity index (χ1) is 10.9. The van der Waals surface area contributed by atoms with E-state index >= 15 is 0 Å². The van der Waals surface area contributed by atoms with Crippen molar-refractivity contribution in [3.8, 4) is 11.1 Å². The van der Waals surface area contributed by atoms with Crippen molar-refractivity contribution in [2.45, 2.75) is 33.7 Å². The smallest absolute Gasteiger partial charge is 0.260 e. The predicted octanol–water partition coefficient (Wildman–Crippen LogP) is 4.09. The maximum Gasteiger partial charge on any atom is 0.260 e. The summed E-state index contributed by atoms with van der Waals surface area (Å²) in [5, 5.41) is 1.23. The van der Waals surface area contributed by atoms with E-state index in [-0.39, 0.29) is 11.9 Å². The SMILES string of the molecule is Cc1cccc(-c2ccccc2/C=C/C(=O)N(N)C(C)C)c1C. The Morgan fingerprint density at radius 2 is 1.70 bits per heavy atom. The van der Waals surface area contributed by atoms with E-state index in [2.05, 4.69) is 38.1 Å². The zero-order valence-electron chi connectivity index (χ0n) is 14.2. The topological polar surface area (TPSA) is 46.3 Å². The van der Waals surface area contributed by atoms with Crippen molar-refractivity contribution in [1.29, 1.82) is 0 Å². The molecule has 0 unspecified atom stereocenters. The average molecular weight is 308 g/mol. The molecule has 0 aliphatic rings. The predicted molar refractivity (Wildman–Crippen MR) is 96.6 cm³/mol. The Morgan fingerprint density at radius 1 is 1.04 bits per heavy atom. The van der Waals surface area contributed by atoms with E-state index in [1.807, 2.05) is 38.1 Å². The Morgan fingerprint density at radius 3 is 2.39 bits per heavy atom. The van der Waals surface area contributed by atoms with Crippen LogP contribution in [-0.4, -0.2) is 17.0 Å². The van der Waals surface area contributed by atoms with Gasteiger partial charge in [0.2, 0.25) is 0 Å². The lowest BCUT2D eigenvalue weighted by Gasteiger charge is -2.18. The summed E-state index contributed by atoms with van der Waals surface area (Å²) in [6.45, 7) is 8.00. The Labute approximate surface area is 138 Å². The van der Waals surface area contributed by atoms with Gasteiger partial charge >= 0.3 is 0 Å². The van der Waals surface area contributed by atoms with Gasteiger partial charge in [0.15, 0.2) is 0 Å². The average Bonchev–Trinajstić information content (AvgIpc) is 2.54. The number of hydrazine groups is 1. The highest BCUT2D eigenvalue weighted by Gasteiger charge is 2.10. The molecule has 0 aliphatic heterocycles. The molecular weight excluding hydrogens is 284 g/mol. The summed E-state index contributed by atoms with van der Waals surface area (Å²) in [7, 11) is 0. The molecule has 2 aromatic rings. The number of aryl methyl sites for hydroxylation is 1. The van der Waals surface area contributed by atoms with Gasteiger partial charge in [-0.3, -0.25) is 9.80 Å². The van der Waals surface area contributed by atoms with Gasteiger partial charge in [0.05, 0.1) is 0 Å². The standard InChI is InChI=1S/C20H24N2O/c1-14(2)22(21)20(23)13-12-17-9-5-6-10-19(17)18-11-7-8-15(3)16(18)4/h5-14H,21H2,1-4H3/b13-12+. The van der Waals surface area contributed by atoms with Gasteiger partial charge in [0.1, 0.15) is 0 Å². The van der Waals surface area contributed by atoms with Gasteiger partial charge < -0.3 is 0 Å². The lowest BCUT2D eigenvalue weighted by Crippen LogP contribution is -2.41. The van der Waals surface area contributed by atoms with Gasteiger partial charge in [-0.2, -0.15) is 0 Å². The molecule has 0 saturated carbocycles. The van der Waals surface area contributed by atoms with Crippen molar-refractivity contribution in [2.75, 3.05) is 0 Å². The zero-order chi connectivity index (χ0) is 17.0. The molecule has 0 aromatic heterocycles. The largest absolute Gasteiger partial charge is 0.275 e. The summed E-state index contributed by atoms with van der Waals surface area (Å²) in [6.07, 6.45) is 3.37. The number of nitrogens with two attached hydrogens (primary N) is 1. The molecule has 120 valence electrons. The van der Waals surface area contributed by atoms with E-state index in [1.165, 1.54) is 27.8 Å². The fourth-order valence-corrected chi connectivity index (χ4v) is 2.43. The highest BCUT2D eigenvalue weighted by Crippen LogP contribution is 2.29. The van der Waals surface area contributed by atoms with Gasteiger partial charge in [-0.25, -0.2) is 5.84 Å². The first-order valence-electron chi connectivity index (χ1n) is 7.83. The summed E-state index contributed by atoms with van der Waals surface area (Å²) in [4.78, 5) is 12.0. The second-order valence-corrected chi connectivity index (χ2v) is 6.01.